The summed E-state index contributed by atoms with van der Waals surface area (Å²) >= 11 is 0. The maximum absolute atomic E-state index is 4.17. The third-order valence-electron chi connectivity index (χ3n) is 9.38. The highest BCUT2D eigenvalue weighted by molar-refractivity contribution is 6.10. The van der Waals surface area contributed by atoms with Crippen LogP contribution in [0.25, 0.3) is 33.0 Å². The number of hydrogen-bond acceptors (Lipinski definition) is 1. The van der Waals surface area contributed by atoms with E-state index in [0.29, 0.717) is 0 Å². The summed E-state index contributed by atoms with van der Waals surface area (Å²) in [6.07, 6.45) is 4.10. The average molecular weight is 518 g/mol. The number of rotatable bonds is 4. The minimum Gasteiger partial charge on any atom is -0.310 e. The minimum absolute atomic E-state index is 0.0293. The van der Waals surface area contributed by atoms with Crippen LogP contribution in [0, 0.1) is 0 Å². The lowest BCUT2D eigenvalue weighted by molar-refractivity contribution is 0.652. The largest absolute Gasteiger partial charge is 0.310 e. The molecule has 5 aromatic carbocycles. The molecule has 0 radical (unpaired) electrons. The van der Waals surface area contributed by atoms with Gasteiger partial charge in [0.05, 0.1) is 5.69 Å². The molecule has 0 saturated carbocycles. The van der Waals surface area contributed by atoms with Crippen LogP contribution in [0.15, 0.2) is 121 Å². The highest BCUT2D eigenvalue weighted by atomic mass is 15.1. The molecule has 196 valence electrons. The van der Waals surface area contributed by atoms with Gasteiger partial charge in [-0.2, -0.15) is 0 Å². The van der Waals surface area contributed by atoms with Gasteiger partial charge in [0.1, 0.15) is 0 Å². The Morgan fingerprint density at radius 2 is 1.23 bits per heavy atom. The van der Waals surface area contributed by atoms with E-state index in [4.69, 9.17) is 0 Å². The normalized spacial score (nSPS) is 15.8. The van der Waals surface area contributed by atoms with Crippen molar-refractivity contribution in [3.05, 3.63) is 144 Å². The number of anilines is 2. The van der Waals surface area contributed by atoms with Gasteiger partial charge < -0.3 is 4.90 Å². The van der Waals surface area contributed by atoms with Gasteiger partial charge in [-0.25, -0.2) is 0 Å². The molecular weight excluding hydrogens is 482 g/mol. The fraction of sp³-hybridized carbons (Fsp3) is 0.179. The van der Waals surface area contributed by atoms with Gasteiger partial charge in [-0.3, -0.25) is 0 Å². The number of allylic oxidation sites excluding steroid dienone is 2. The van der Waals surface area contributed by atoms with Crippen molar-refractivity contribution in [2.75, 3.05) is 4.90 Å². The standard InChI is InChI=1S/C39H35N/c1-7-25(8-2)40(26-16-10-9-11-17-26)36-24-35-37(29-20-13-12-19-28(29)36)31-23-33-30(22-34(31)39(35,5)6)27-18-14-15-21-32(27)38(33,3)4/h7-24H,1H2,2-6H3. The van der Waals surface area contributed by atoms with Crippen molar-refractivity contribution in [1.29, 1.82) is 0 Å². The predicted molar refractivity (Wildman–Crippen MR) is 172 cm³/mol. The van der Waals surface area contributed by atoms with Crippen molar-refractivity contribution in [3.63, 3.8) is 0 Å². The average Bonchev–Trinajstić information content (AvgIpc) is 3.34. The van der Waals surface area contributed by atoms with Gasteiger partial charge in [0, 0.05) is 27.6 Å². The van der Waals surface area contributed by atoms with Gasteiger partial charge in [0.25, 0.3) is 0 Å². The predicted octanol–water partition coefficient (Wildman–Crippen LogP) is 10.7. The van der Waals surface area contributed by atoms with E-state index in [0.717, 1.165) is 11.4 Å². The summed E-state index contributed by atoms with van der Waals surface area (Å²) in [6.45, 7) is 15.8. The van der Waals surface area contributed by atoms with Crippen LogP contribution in [0.4, 0.5) is 11.4 Å². The quantitative estimate of drug-likeness (QED) is 0.214. The lowest BCUT2D eigenvalue weighted by Crippen LogP contribution is -2.19. The Bertz CT molecular complexity index is 1870. The minimum atomic E-state index is -0.146. The molecule has 0 aliphatic heterocycles. The summed E-state index contributed by atoms with van der Waals surface area (Å²) in [5, 5.41) is 2.55. The van der Waals surface area contributed by atoms with Crippen molar-refractivity contribution >= 4 is 22.1 Å². The fourth-order valence-corrected chi connectivity index (χ4v) is 7.28. The second-order valence-corrected chi connectivity index (χ2v) is 12.2. The number of para-hydroxylation sites is 1. The Morgan fingerprint density at radius 1 is 0.625 bits per heavy atom. The molecule has 0 unspecified atom stereocenters. The fourth-order valence-electron chi connectivity index (χ4n) is 7.28. The topological polar surface area (TPSA) is 3.24 Å². The van der Waals surface area contributed by atoms with E-state index in [9.17, 15) is 0 Å². The zero-order valence-electron chi connectivity index (χ0n) is 24.0. The van der Waals surface area contributed by atoms with Crippen LogP contribution in [-0.2, 0) is 10.8 Å². The van der Waals surface area contributed by atoms with Crippen molar-refractivity contribution in [3.8, 4) is 22.3 Å². The van der Waals surface area contributed by atoms with Crippen LogP contribution in [0.1, 0.15) is 56.9 Å². The molecule has 0 atom stereocenters. The SMILES string of the molecule is C=CC(=CC)N(c1ccccc1)c1cc2c(c3ccccc13)-c1cc3c(cc1C2(C)C)-c1ccccc1C3(C)C. The number of fused-ring (bicyclic) bond motifs is 8. The first-order valence-corrected chi connectivity index (χ1v) is 14.3. The van der Waals surface area contributed by atoms with Crippen molar-refractivity contribution < 1.29 is 0 Å². The van der Waals surface area contributed by atoms with Crippen molar-refractivity contribution in [1.82, 2.24) is 0 Å². The summed E-state index contributed by atoms with van der Waals surface area (Å²) in [6, 6.07) is 36.0. The zero-order chi connectivity index (χ0) is 27.8. The second kappa shape index (κ2) is 8.57. The molecule has 0 saturated heterocycles. The van der Waals surface area contributed by atoms with Crippen LogP contribution < -0.4 is 4.90 Å². The first-order valence-electron chi connectivity index (χ1n) is 14.3. The van der Waals surface area contributed by atoms with Crippen LogP contribution in [0.3, 0.4) is 0 Å². The van der Waals surface area contributed by atoms with Crippen LogP contribution >= 0.6 is 0 Å². The molecule has 5 aromatic rings. The van der Waals surface area contributed by atoms with E-state index in [1.54, 1.807) is 0 Å². The van der Waals surface area contributed by atoms with Gasteiger partial charge in [-0.05, 0) is 93.2 Å². The van der Waals surface area contributed by atoms with E-state index in [1.807, 2.05) is 6.08 Å². The van der Waals surface area contributed by atoms with Crippen molar-refractivity contribution in [2.24, 2.45) is 0 Å². The molecule has 1 heteroatoms. The summed E-state index contributed by atoms with van der Waals surface area (Å²) in [5.41, 5.74) is 14.4. The molecule has 7 rings (SSSR count). The first kappa shape index (κ1) is 24.7. The second-order valence-electron chi connectivity index (χ2n) is 12.2. The number of nitrogens with zero attached hydrogens (tertiary/aromatic N) is 1. The van der Waals surface area contributed by atoms with Gasteiger partial charge in [-0.1, -0.05) is 107 Å². The van der Waals surface area contributed by atoms with Gasteiger partial charge in [0.15, 0.2) is 0 Å². The molecule has 0 spiro atoms. The molecule has 1 nitrogen and oxygen atoms in total. The molecule has 0 fully saturated rings. The van der Waals surface area contributed by atoms with E-state index in [2.05, 4.69) is 149 Å². The van der Waals surface area contributed by atoms with Crippen LogP contribution in [0.5, 0.6) is 0 Å². The molecule has 0 N–H and O–H groups in total. The molecule has 0 aromatic heterocycles. The number of hydrogen-bond donors (Lipinski definition) is 0. The van der Waals surface area contributed by atoms with Gasteiger partial charge >= 0.3 is 0 Å². The summed E-state index contributed by atoms with van der Waals surface area (Å²) in [4.78, 5) is 2.36. The lowest BCUT2D eigenvalue weighted by Gasteiger charge is -2.30. The Kier molecular flexibility index (Phi) is 5.28. The third kappa shape index (κ3) is 3.21. The smallest absolute Gasteiger partial charge is 0.0543 e. The monoisotopic (exact) mass is 517 g/mol. The van der Waals surface area contributed by atoms with E-state index in [-0.39, 0.29) is 10.8 Å². The van der Waals surface area contributed by atoms with Gasteiger partial charge in [0.2, 0.25) is 0 Å². The third-order valence-corrected chi connectivity index (χ3v) is 9.38. The Labute approximate surface area is 238 Å². The highest BCUT2D eigenvalue weighted by Crippen LogP contribution is 2.58. The summed E-state index contributed by atoms with van der Waals surface area (Å²) < 4.78 is 0. The molecule has 2 aliphatic rings. The molecule has 0 heterocycles. The van der Waals surface area contributed by atoms with E-state index < -0.39 is 0 Å². The van der Waals surface area contributed by atoms with Crippen LogP contribution in [-0.4, -0.2) is 0 Å². The van der Waals surface area contributed by atoms with E-state index >= 15 is 0 Å². The Hall–Kier alpha value is -4.36. The maximum atomic E-state index is 4.17. The van der Waals surface area contributed by atoms with Crippen LogP contribution in [0.2, 0.25) is 0 Å². The lowest BCUT2D eigenvalue weighted by atomic mass is 9.79. The number of benzene rings is 5. The zero-order valence-corrected chi connectivity index (χ0v) is 24.0. The first-order chi connectivity index (χ1) is 19.3. The maximum Gasteiger partial charge on any atom is 0.0543 e. The Morgan fingerprint density at radius 3 is 1.95 bits per heavy atom. The molecular formula is C39H35N. The molecule has 0 bridgehead atoms. The molecule has 40 heavy (non-hydrogen) atoms. The highest BCUT2D eigenvalue weighted by Gasteiger charge is 2.42. The Balaban J connectivity index is 1.55. The molecule has 2 aliphatic carbocycles. The summed E-state index contributed by atoms with van der Waals surface area (Å²) in [7, 11) is 0. The molecule has 0 amide bonds. The van der Waals surface area contributed by atoms with Gasteiger partial charge in [-0.15, -0.1) is 0 Å². The van der Waals surface area contributed by atoms with E-state index in [1.165, 1.54) is 61.0 Å². The summed E-state index contributed by atoms with van der Waals surface area (Å²) in [5.74, 6) is 0. The van der Waals surface area contributed by atoms with Crippen molar-refractivity contribution in [2.45, 2.75) is 45.4 Å².